The molecule has 0 saturated carbocycles. The van der Waals surface area contributed by atoms with Crippen molar-refractivity contribution in [2.24, 2.45) is 7.05 Å². The van der Waals surface area contributed by atoms with Crippen LogP contribution >= 0.6 is 0 Å². The van der Waals surface area contributed by atoms with Gasteiger partial charge < -0.3 is 20.1 Å². The monoisotopic (exact) mass is 442 g/mol. The molecule has 0 spiro atoms. The second-order valence-electron chi connectivity index (χ2n) is 6.90. The standard InChI is InChI=1S/C21H25N7O4/c1-12(2)32-21(30)26-17-9-16(14(10-23-17)20(29)22-3)25-15-8-6-7-13(18(15)31-5)19-24-11-28(4)27-19/h6-12H,1-5H3,(H,22,29)(H2,23,25,26,30)/i3D3. The second-order valence-corrected chi connectivity index (χ2v) is 6.90. The number of nitrogens with one attached hydrogen (secondary N) is 3. The van der Waals surface area contributed by atoms with Crippen LogP contribution in [0.3, 0.4) is 0 Å². The molecule has 0 unspecified atom stereocenters. The number of hydrogen-bond donors (Lipinski definition) is 3. The number of carbonyl (C=O) groups is 2. The van der Waals surface area contributed by atoms with Crippen molar-refractivity contribution in [1.82, 2.24) is 25.1 Å². The number of amides is 2. The van der Waals surface area contributed by atoms with Gasteiger partial charge in [0.05, 0.1) is 35.7 Å². The average molecular weight is 442 g/mol. The summed E-state index contributed by atoms with van der Waals surface area (Å²) < 4.78 is 34.2. The Morgan fingerprint density at radius 1 is 1.22 bits per heavy atom. The number of rotatable bonds is 7. The molecule has 0 aliphatic carbocycles. The first kappa shape index (κ1) is 18.6. The zero-order valence-electron chi connectivity index (χ0n) is 21.0. The van der Waals surface area contributed by atoms with E-state index in [4.69, 9.17) is 13.6 Å². The number of hydrogen-bond acceptors (Lipinski definition) is 8. The lowest BCUT2D eigenvalue weighted by Crippen LogP contribution is -2.21. The summed E-state index contributed by atoms with van der Waals surface area (Å²) in [7, 11) is 3.20. The van der Waals surface area contributed by atoms with E-state index in [1.165, 1.54) is 13.2 Å². The lowest BCUT2D eigenvalue weighted by Gasteiger charge is -2.17. The Bertz CT molecular complexity index is 1230. The Kier molecular flexibility index (Phi) is 5.68. The molecule has 0 aliphatic rings. The molecular weight excluding hydrogens is 414 g/mol. The number of ether oxygens (including phenoxy) is 2. The van der Waals surface area contributed by atoms with Crippen molar-refractivity contribution in [2.45, 2.75) is 20.0 Å². The third kappa shape index (κ3) is 5.12. The number of benzene rings is 1. The van der Waals surface area contributed by atoms with Gasteiger partial charge >= 0.3 is 6.09 Å². The number of anilines is 3. The summed E-state index contributed by atoms with van der Waals surface area (Å²) in [5.74, 6) is -0.0174. The molecule has 2 amide bonds. The molecule has 3 N–H and O–H groups in total. The molecule has 0 fully saturated rings. The SMILES string of the molecule is [2H]C([2H])([2H])NC(=O)c1cnc(NC(=O)OC(C)C)cc1Nc1cccc(-c2ncn(C)n2)c1OC. The quantitative estimate of drug-likeness (QED) is 0.509. The fraction of sp³-hybridized carbons (Fsp3) is 0.286. The van der Waals surface area contributed by atoms with Crippen LogP contribution in [0.1, 0.15) is 28.3 Å². The molecule has 0 bridgehead atoms. The van der Waals surface area contributed by atoms with Crippen molar-refractivity contribution in [3.8, 4) is 17.1 Å². The smallest absolute Gasteiger partial charge is 0.413 e. The number of carbonyl (C=O) groups excluding carboxylic acids is 2. The molecule has 168 valence electrons. The van der Waals surface area contributed by atoms with Gasteiger partial charge in [0.1, 0.15) is 12.1 Å². The fourth-order valence-corrected chi connectivity index (χ4v) is 2.86. The highest BCUT2D eigenvalue weighted by Gasteiger charge is 2.18. The third-order valence-corrected chi connectivity index (χ3v) is 4.16. The van der Waals surface area contributed by atoms with E-state index in [1.807, 2.05) is 5.32 Å². The summed E-state index contributed by atoms with van der Waals surface area (Å²) >= 11 is 0. The van der Waals surface area contributed by atoms with E-state index >= 15 is 0 Å². The second kappa shape index (κ2) is 9.77. The Morgan fingerprint density at radius 2 is 2.03 bits per heavy atom. The van der Waals surface area contributed by atoms with Crippen molar-refractivity contribution in [2.75, 3.05) is 24.7 Å². The first-order valence-corrected chi connectivity index (χ1v) is 9.57. The highest BCUT2D eigenvalue weighted by Crippen LogP contribution is 2.37. The van der Waals surface area contributed by atoms with Gasteiger partial charge in [-0.05, 0) is 26.0 Å². The van der Waals surface area contributed by atoms with E-state index in [0.717, 1.165) is 6.20 Å². The first-order chi connectivity index (χ1) is 16.5. The fourth-order valence-electron chi connectivity index (χ4n) is 2.86. The van der Waals surface area contributed by atoms with Gasteiger partial charge in [0.15, 0.2) is 11.6 Å². The van der Waals surface area contributed by atoms with Crippen LogP contribution in [0, 0.1) is 0 Å². The molecular formula is C21H25N7O4. The molecule has 3 aromatic rings. The molecule has 0 atom stereocenters. The number of para-hydroxylation sites is 1. The van der Waals surface area contributed by atoms with Crippen molar-refractivity contribution in [3.05, 3.63) is 42.4 Å². The van der Waals surface area contributed by atoms with Gasteiger partial charge in [0.2, 0.25) is 0 Å². The molecule has 0 radical (unpaired) electrons. The van der Waals surface area contributed by atoms with Crippen LogP contribution in [0.25, 0.3) is 11.4 Å². The van der Waals surface area contributed by atoms with Gasteiger partial charge in [-0.15, -0.1) is 0 Å². The summed E-state index contributed by atoms with van der Waals surface area (Å²) in [4.78, 5) is 33.0. The molecule has 11 nitrogen and oxygen atoms in total. The summed E-state index contributed by atoms with van der Waals surface area (Å²) in [5, 5.41) is 11.8. The molecule has 2 heterocycles. The number of methoxy groups -OCH3 is 1. The van der Waals surface area contributed by atoms with E-state index < -0.39 is 19.0 Å². The molecule has 0 saturated heterocycles. The van der Waals surface area contributed by atoms with E-state index in [9.17, 15) is 9.59 Å². The zero-order valence-corrected chi connectivity index (χ0v) is 18.0. The molecule has 11 heteroatoms. The van der Waals surface area contributed by atoms with E-state index in [-0.39, 0.29) is 23.2 Å². The number of aromatic nitrogens is 4. The van der Waals surface area contributed by atoms with E-state index in [0.29, 0.717) is 22.8 Å². The largest absolute Gasteiger partial charge is 0.494 e. The van der Waals surface area contributed by atoms with Crippen LogP contribution in [0.5, 0.6) is 5.75 Å². The Morgan fingerprint density at radius 3 is 2.69 bits per heavy atom. The van der Waals surface area contributed by atoms with Crippen molar-refractivity contribution < 1.29 is 23.2 Å². The maximum atomic E-state index is 12.7. The van der Waals surface area contributed by atoms with Crippen LogP contribution in [0.4, 0.5) is 22.0 Å². The Hall–Kier alpha value is -4.15. The van der Waals surface area contributed by atoms with E-state index in [2.05, 4.69) is 25.7 Å². The Labute approximate surface area is 189 Å². The average Bonchev–Trinajstić information content (AvgIpc) is 3.18. The van der Waals surface area contributed by atoms with Crippen LogP contribution in [0.2, 0.25) is 0 Å². The van der Waals surface area contributed by atoms with E-state index in [1.54, 1.807) is 50.1 Å². The number of pyridine rings is 1. The van der Waals surface area contributed by atoms with Crippen LogP contribution < -0.4 is 20.7 Å². The van der Waals surface area contributed by atoms with Crippen LogP contribution in [-0.4, -0.2) is 51.9 Å². The van der Waals surface area contributed by atoms with Crippen molar-refractivity contribution in [3.63, 3.8) is 0 Å². The molecule has 32 heavy (non-hydrogen) atoms. The van der Waals surface area contributed by atoms with Gasteiger partial charge in [-0.2, -0.15) is 5.10 Å². The number of aryl methyl sites for hydroxylation is 1. The zero-order chi connectivity index (χ0) is 25.8. The predicted molar refractivity (Wildman–Crippen MR) is 119 cm³/mol. The Balaban J connectivity index is 2.03. The van der Waals surface area contributed by atoms with Gasteiger partial charge in [0, 0.05) is 30.4 Å². The van der Waals surface area contributed by atoms with Gasteiger partial charge in [-0.25, -0.2) is 14.8 Å². The summed E-state index contributed by atoms with van der Waals surface area (Å²) in [5.41, 5.74) is 1.10. The van der Waals surface area contributed by atoms with Gasteiger partial charge in [-0.1, -0.05) is 6.07 Å². The highest BCUT2D eigenvalue weighted by molar-refractivity contribution is 6.01. The highest BCUT2D eigenvalue weighted by atomic mass is 16.6. The van der Waals surface area contributed by atoms with Gasteiger partial charge in [-0.3, -0.25) is 14.8 Å². The summed E-state index contributed by atoms with van der Waals surface area (Å²) in [6.45, 7) is 0.671. The van der Waals surface area contributed by atoms with Crippen molar-refractivity contribution >= 4 is 29.2 Å². The third-order valence-electron chi connectivity index (χ3n) is 4.16. The minimum Gasteiger partial charge on any atom is -0.494 e. The minimum absolute atomic E-state index is 0.0742. The van der Waals surface area contributed by atoms with Crippen LogP contribution in [-0.2, 0) is 11.8 Å². The van der Waals surface area contributed by atoms with Gasteiger partial charge in [0.25, 0.3) is 5.91 Å². The molecule has 3 rings (SSSR count). The maximum Gasteiger partial charge on any atom is 0.413 e. The topological polar surface area (TPSA) is 132 Å². The summed E-state index contributed by atoms with van der Waals surface area (Å²) in [6.07, 6.45) is 1.59. The maximum absolute atomic E-state index is 12.7. The lowest BCUT2D eigenvalue weighted by atomic mass is 10.1. The first-order valence-electron chi connectivity index (χ1n) is 11.1. The predicted octanol–water partition coefficient (Wildman–Crippen LogP) is 2.95. The molecule has 1 aromatic carbocycles. The van der Waals surface area contributed by atoms with Crippen molar-refractivity contribution in [1.29, 1.82) is 0 Å². The van der Waals surface area contributed by atoms with Crippen LogP contribution in [0.15, 0.2) is 36.8 Å². The summed E-state index contributed by atoms with van der Waals surface area (Å²) in [6, 6.07) is 6.57. The lowest BCUT2D eigenvalue weighted by molar-refractivity contribution is 0.0963. The molecule has 0 aliphatic heterocycles. The normalized spacial score (nSPS) is 12.3. The minimum atomic E-state index is -2.71. The number of nitrogens with zero attached hydrogens (tertiary/aromatic N) is 4. The molecule has 2 aromatic heterocycles.